The summed E-state index contributed by atoms with van der Waals surface area (Å²) in [6.07, 6.45) is 5.35. The smallest absolute Gasteiger partial charge is 0.154 e. The van der Waals surface area contributed by atoms with Crippen molar-refractivity contribution < 1.29 is 8.95 Å². The highest BCUT2D eigenvalue weighted by atomic mass is 32.2. The molecule has 9 heteroatoms. The second-order valence-corrected chi connectivity index (χ2v) is 9.96. The van der Waals surface area contributed by atoms with Crippen molar-refractivity contribution >= 4 is 28.2 Å². The zero-order valence-electron chi connectivity index (χ0n) is 20.2. The van der Waals surface area contributed by atoms with E-state index in [-0.39, 0.29) is 0 Å². The summed E-state index contributed by atoms with van der Waals surface area (Å²) in [5.74, 6) is 0.670. The monoisotopic (exact) mass is 480 g/mol. The standard InChI is InChI=1S/C25H32N6O2S/c1-29(2)18-19-5-7-20(8-6-19)21-13-22(16-26-15-21)28-34(32)24-14-23(17-27-25(24)30(3)4)31-9-11-33-12-10-31/h5-8,13-17,28H,9-12,18H2,1-4H3. The van der Waals surface area contributed by atoms with Gasteiger partial charge in [0.05, 0.1) is 37.0 Å². The Balaban J connectivity index is 1.55. The van der Waals surface area contributed by atoms with Gasteiger partial charge in [-0.3, -0.25) is 9.71 Å². The molecule has 8 nitrogen and oxygen atoms in total. The molecule has 34 heavy (non-hydrogen) atoms. The Hall–Kier alpha value is -3.01. The van der Waals surface area contributed by atoms with Gasteiger partial charge in [-0.2, -0.15) is 0 Å². The van der Waals surface area contributed by atoms with E-state index >= 15 is 0 Å². The number of morpholine rings is 1. The van der Waals surface area contributed by atoms with E-state index in [1.165, 1.54) is 5.56 Å². The highest BCUT2D eigenvalue weighted by Crippen LogP contribution is 2.28. The topological polar surface area (TPSA) is 73.8 Å². The van der Waals surface area contributed by atoms with E-state index in [0.29, 0.717) is 29.6 Å². The average molecular weight is 481 g/mol. The van der Waals surface area contributed by atoms with Gasteiger partial charge in [0.2, 0.25) is 0 Å². The van der Waals surface area contributed by atoms with Crippen molar-refractivity contribution in [2.24, 2.45) is 0 Å². The summed E-state index contributed by atoms with van der Waals surface area (Å²) in [5, 5.41) is 0. The van der Waals surface area contributed by atoms with Crippen molar-refractivity contribution in [3.63, 3.8) is 0 Å². The molecule has 0 amide bonds. The van der Waals surface area contributed by atoms with E-state index < -0.39 is 11.0 Å². The van der Waals surface area contributed by atoms with Crippen LogP contribution in [0.5, 0.6) is 0 Å². The first-order chi connectivity index (χ1) is 16.4. The van der Waals surface area contributed by atoms with Gasteiger partial charge in [-0.15, -0.1) is 0 Å². The quantitative estimate of drug-likeness (QED) is 0.531. The molecule has 3 heterocycles. The van der Waals surface area contributed by atoms with Crippen molar-refractivity contribution in [1.82, 2.24) is 14.9 Å². The molecule has 180 valence electrons. The lowest BCUT2D eigenvalue weighted by Gasteiger charge is -2.29. The van der Waals surface area contributed by atoms with Gasteiger partial charge in [0.25, 0.3) is 0 Å². The fourth-order valence-corrected chi connectivity index (χ4v) is 4.94. The molecule has 1 unspecified atom stereocenters. The van der Waals surface area contributed by atoms with E-state index in [1.807, 2.05) is 43.5 Å². The second kappa shape index (κ2) is 10.9. The van der Waals surface area contributed by atoms with E-state index in [2.05, 4.69) is 62.9 Å². The number of aromatic nitrogens is 2. The summed E-state index contributed by atoms with van der Waals surface area (Å²) in [7, 11) is 6.40. The average Bonchev–Trinajstić information content (AvgIpc) is 2.84. The van der Waals surface area contributed by atoms with Gasteiger partial charge >= 0.3 is 0 Å². The van der Waals surface area contributed by atoms with Crippen molar-refractivity contribution in [1.29, 1.82) is 0 Å². The van der Waals surface area contributed by atoms with Gasteiger partial charge < -0.3 is 19.4 Å². The van der Waals surface area contributed by atoms with Gasteiger partial charge in [-0.1, -0.05) is 24.3 Å². The molecule has 3 aromatic rings. The van der Waals surface area contributed by atoms with Gasteiger partial charge in [0.15, 0.2) is 11.0 Å². The first-order valence-electron chi connectivity index (χ1n) is 11.3. The Morgan fingerprint density at radius 1 is 1.00 bits per heavy atom. The first kappa shape index (κ1) is 24.1. The molecule has 0 radical (unpaired) electrons. The number of nitrogens with zero attached hydrogens (tertiary/aromatic N) is 5. The molecule has 2 aromatic heterocycles. The summed E-state index contributed by atoms with van der Waals surface area (Å²) in [6.45, 7) is 3.84. The molecule has 0 saturated carbocycles. The third-order valence-corrected chi connectivity index (χ3v) is 6.67. The number of hydrogen-bond donors (Lipinski definition) is 1. The Bertz CT molecular complexity index is 1130. The van der Waals surface area contributed by atoms with Crippen LogP contribution in [0.4, 0.5) is 17.2 Å². The van der Waals surface area contributed by atoms with Crippen molar-refractivity contribution in [3.8, 4) is 11.1 Å². The van der Waals surface area contributed by atoms with Gasteiger partial charge in [0.1, 0.15) is 10.7 Å². The van der Waals surface area contributed by atoms with E-state index in [9.17, 15) is 4.21 Å². The molecule has 4 rings (SSSR count). The molecule has 0 bridgehead atoms. The van der Waals surface area contributed by atoms with Crippen molar-refractivity contribution in [2.75, 3.05) is 69.0 Å². The molecule has 0 spiro atoms. The summed E-state index contributed by atoms with van der Waals surface area (Å²) in [4.78, 5) is 15.8. The molecular weight excluding hydrogens is 448 g/mol. The molecule has 1 fully saturated rings. The minimum Gasteiger partial charge on any atom is -0.378 e. The predicted octanol–water partition coefficient (Wildman–Crippen LogP) is 3.24. The van der Waals surface area contributed by atoms with Crippen LogP contribution in [0.3, 0.4) is 0 Å². The minimum atomic E-state index is -1.51. The number of anilines is 3. The molecular formula is C25H32N6O2S. The Kier molecular flexibility index (Phi) is 7.77. The molecule has 1 saturated heterocycles. The zero-order valence-corrected chi connectivity index (χ0v) is 21.0. The number of nitrogens with one attached hydrogen (secondary N) is 1. The summed E-state index contributed by atoms with van der Waals surface area (Å²) >= 11 is 0. The summed E-state index contributed by atoms with van der Waals surface area (Å²) in [5.41, 5.74) is 4.92. The minimum absolute atomic E-state index is 0.632. The van der Waals surface area contributed by atoms with Crippen LogP contribution in [0, 0.1) is 0 Å². The highest BCUT2D eigenvalue weighted by Gasteiger charge is 2.19. The third-order valence-electron chi connectivity index (χ3n) is 5.55. The number of ether oxygens (including phenoxy) is 1. The van der Waals surface area contributed by atoms with Crippen LogP contribution in [0.15, 0.2) is 59.9 Å². The van der Waals surface area contributed by atoms with E-state index in [4.69, 9.17) is 4.74 Å². The normalized spacial score (nSPS) is 14.8. The maximum atomic E-state index is 13.4. The maximum absolute atomic E-state index is 13.4. The van der Waals surface area contributed by atoms with E-state index in [0.717, 1.165) is 36.4 Å². The van der Waals surface area contributed by atoms with Crippen LogP contribution in [-0.4, -0.2) is 73.6 Å². The molecule has 1 aliphatic heterocycles. The largest absolute Gasteiger partial charge is 0.378 e. The second-order valence-electron chi connectivity index (χ2n) is 8.78. The lowest BCUT2D eigenvalue weighted by Crippen LogP contribution is -2.36. The van der Waals surface area contributed by atoms with Crippen LogP contribution < -0.4 is 14.5 Å². The van der Waals surface area contributed by atoms with Crippen molar-refractivity contribution in [3.05, 3.63) is 60.6 Å². The van der Waals surface area contributed by atoms with Crippen LogP contribution >= 0.6 is 0 Å². The van der Waals surface area contributed by atoms with Crippen LogP contribution in [-0.2, 0) is 22.3 Å². The highest BCUT2D eigenvalue weighted by molar-refractivity contribution is 7.86. The lowest BCUT2D eigenvalue weighted by molar-refractivity contribution is 0.122. The SMILES string of the molecule is CN(C)Cc1ccc(-c2cncc(NS(=O)c3cc(N4CCOCC4)cnc3N(C)C)c2)cc1. The van der Waals surface area contributed by atoms with Gasteiger partial charge in [-0.25, -0.2) is 9.19 Å². The number of pyridine rings is 2. The van der Waals surface area contributed by atoms with Crippen LogP contribution in [0.25, 0.3) is 11.1 Å². The molecule has 1 atom stereocenters. The van der Waals surface area contributed by atoms with Gasteiger partial charge in [-0.05, 0) is 37.4 Å². The summed E-state index contributed by atoms with van der Waals surface area (Å²) < 4.78 is 22.0. The number of hydrogen-bond acceptors (Lipinski definition) is 7. The number of benzene rings is 1. The van der Waals surface area contributed by atoms with E-state index in [1.54, 1.807) is 6.20 Å². The predicted molar refractivity (Wildman–Crippen MR) is 139 cm³/mol. The van der Waals surface area contributed by atoms with Crippen LogP contribution in [0.1, 0.15) is 5.56 Å². The first-order valence-corrected chi connectivity index (χ1v) is 12.4. The summed E-state index contributed by atoms with van der Waals surface area (Å²) in [6, 6.07) is 12.4. The fourth-order valence-electron chi connectivity index (χ4n) is 3.88. The zero-order chi connectivity index (χ0) is 24.1. The molecule has 1 N–H and O–H groups in total. The molecule has 1 aromatic carbocycles. The Morgan fingerprint density at radius 3 is 2.41 bits per heavy atom. The third kappa shape index (κ3) is 5.91. The molecule has 0 aliphatic carbocycles. The Labute approximate surface area is 204 Å². The number of rotatable bonds is 8. The van der Waals surface area contributed by atoms with Gasteiger partial charge in [0, 0.05) is 45.5 Å². The fraction of sp³-hybridized carbons (Fsp3) is 0.360. The molecule has 1 aliphatic rings. The maximum Gasteiger partial charge on any atom is 0.154 e. The Morgan fingerprint density at radius 2 is 1.74 bits per heavy atom. The van der Waals surface area contributed by atoms with Crippen LogP contribution in [0.2, 0.25) is 0 Å². The van der Waals surface area contributed by atoms with Crippen molar-refractivity contribution in [2.45, 2.75) is 11.4 Å². The lowest BCUT2D eigenvalue weighted by atomic mass is 10.1.